The maximum absolute atomic E-state index is 6.28. The van der Waals surface area contributed by atoms with Crippen molar-refractivity contribution >= 4 is 44.8 Å². The summed E-state index contributed by atoms with van der Waals surface area (Å²) in [6.07, 6.45) is 2.30. The Morgan fingerprint density at radius 1 is 1.14 bits per heavy atom. The number of halogens is 1. The number of nitrogens with one attached hydrogen (secondary N) is 3. The smallest absolute Gasteiger partial charge is 0.215 e. The van der Waals surface area contributed by atoms with Crippen molar-refractivity contribution in [2.24, 2.45) is 0 Å². The number of methoxy groups -OCH3 is 1. The van der Waals surface area contributed by atoms with Gasteiger partial charge in [-0.25, -0.2) is 4.98 Å². The number of anilines is 2. The zero-order chi connectivity index (χ0) is 21.0. The average Bonchev–Trinajstić information content (AvgIpc) is 2.72. The lowest BCUT2D eigenvalue weighted by atomic mass is 10.0. The van der Waals surface area contributed by atoms with Crippen molar-refractivity contribution in [3.05, 3.63) is 35.4 Å². The van der Waals surface area contributed by atoms with Gasteiger partial charge in [0.2, 0.25) is 11.0 Å². The van der Waals surface area contributed by atoms with Gasteiger partial charge in [-0.2, -0.15) is 0 Å². The van der Waals surface area contributed by atoms with Gasteiger partial charge in [-0.15, -0.1) is 0 Å². The van der Waals surface area contributed by atoms with Crippen LogP contribution in [0.3, 0.4) is 0 Å². The molecule has 0 fully saturated rings. The van der Waals surface area contributed by atoms with Gasteiger partial charge in [-0.05, 0) is 51.8 Å². The topological polar surface area (TPSA) is 65.9 Å². The molecule has 0 aliphatic carbocycles. The first-order chi connectivity index (χ1) is 14.0. The molecule has 29 heavy (non-hydrogen) atoms. The first-order valence-corrected chi connectivity index (χ1v) is 10.9. The minimum absolute atomic E-state index is 0.335. The number of nitrogens with two attached hydrogens (primary N) is 1. The third kappa shape index (κ3) is 4.85. The molecular formula is C23H33ClN4O+2. The molecule has 2 aromatic carbocycles. The van der Waals surface area contributed by atoms with Gasteiger partial charge in [0.15, 0.2) is 0 Å². The number of H-pyrrole nitrogens is 1. The lowest BCUT2D eigenvalue weighted by Crippen LogP contribution is -3.11. The molecule has 0 saturated carbocycles. The van der Waals surface area contributed by atoms with Crippen LogP contribution in [-0.2, 0) is 0 Å². The van der Waals surface area contributed by atoms with Crippen LogP contribution in [-0.4, -0.2) is 32.8 Å². The summed E-state index contributed by atoms with van der Waals surface area (Å²) in [4.78, 5) is 5.12. The highest BCUT2D eigenvalue weighted by atomic mass is 35.5. The number of aromatic nitrogens is 1. The molecule has 1 heterocycles. The summed E-state index contributed by atoms with van der Waals surface area (Å²) in [5.74, 6) is 0.827. The van der Waals surface area contributed by atoms with E-state index in [1.165, 1.54) is 26.1 Å². The number of hydrogen-bond donors (Lipinski definition) is 3. The number of rotatable bonds is 9. The molecule has 0 amide bonds. The van der Waals surface area contributed by atoms with Crippen LogP contribution >= 0.6 is 11.6 Å². The second-order valence-corrected chi connectivity index (χ2v) is 8.13. The van der Waals surface area contributed by atoms with Crippen LogP contribution in [0, 0.1) is 0 Å². The minimum atomic E-state index is 0.335. The molecule has 3 rings (SSSR count). The van der Waals surface area contributed by atoms with Gasteiger partial charge >= 0.3 is 0 Å². The third-order valence-corrected chi connectivity index (χ3v) is 6.06. The van der Waals surface area contributed by atoms with Crippen molar-refractivity contribution in [1.29, 1.82) is 0 Å². The van der Waals surface area contributed by atoms with E-state index in [2.05, 4.69) is 37.1 Å². The Bertz CT molecular complexity index is 988. The summed E-state index contributed by atoms with van der Waals surface area (Å²) in [6.45, 7) is 10.3. The Balaban J connectivity index is 1.97. The molecule has 0 aliphatic rings. The Labute approximate surface area is 178 Å². The Morgan fingerprint density at radius 3 is 2.55 bits per heavy atom. The van der Waals surface area contributed by atoms with E-state index >= 15 is 0 Å². The molecule has 0 radical (unpaired) electrons. The van der Waals surface area contributed by atoms with Crippen molar-refractivity contribution in [2.45, 2.75) is 39.7 Å². The van der Waals surface area contributed by atoms with Crippen LogP contribution < -0.4 is 25.7 Å². The van der Waals surface area contributed by atoms with Crippen molar-refractivity contribution in [3.8, 4) is 5.75 Å². The van der Waals surface area contributed by atoms with E-state index in [4.69, 9.17) is 22.1 Å². The Hall–Kier alpha value is -2.24. The molecule has 3 aromatic rings. The quantitative estimate of drug-likeness (QED) is 0.369. The number of ether oxygens (including phenoxy) is 1. The fourth-order valence-electron chi connectivity index (χ4n) is 3.89. The normalized spacial score (nSPS) is 12.6. The van der Waals surface area contributed by atoms with Gasteiger partial charge in [0.05, 0.1) is 53.9 Å². The van der Waals surface area contributed by atoms with Crippen LogP contribution in [0.25, 0.3) is 21.8 Å². The van der Waals surface area contributed by atoms with Gasteiger partial charge in [-0.1, -0.05) is 11.6 Å². The highest BCUT2D eigenvalue weighted by Crippen LogP contribution is 2.35. The molecule has 1 aromatic heterocycles. The average molecular weight is 417 g/mol. The largest absolute Gasteiger partial charge is 0.497 e. The molecule has 1 atom stereocenters. The molecule has 0 bridgehead atoms. The van der Waals surface area contributed by atoms with E-state index < -0.39 is 0 Å². The van der Waals surface area contributed by atoms with Gasteiger partial charge in [0, 0.05) is 18.2 Å². The van der Waals surface area contributed by atoms with E-state index in [0.29, 0.717) is 16.8 Å². The third-order valence-electron chi connectivity index (χ3n) is 5.73. The molecular weight excluding hydrogens is 384 g/mol. The summed E-state index contributed by atoms with van der Waals surface area (Å²) in [7, 11) is 1.69. The van der Waals surface area contributed by atoms with Crippen molar-refractivity contribution in [1.82, 2.24) is 0 Å². The monoisotopic (exact) mass is 416 g/mol. The van der Waals surface area contributed by atoms with Gasteiger partial charge in [0.1, 0.15) is 5.75 Å². The maximum Gasteiger partial charge on any atom is 0.215 e. The minimum Gasteiger partial charge on any atom is -0.497 e. The zero-order valence-corrected chi connectivity index (χ0v) is 18.6. The number of benzene rings is 2. The lowest BCUT2D eigenvalue weighted by Gasteiger charge is -2.20. The van der Waals surface area contributed by atoms with Crippen LogP contribution in [0.5, 0.6) is 5.75 Å². The molecule has 0 aliphatic heterocycles. The van der Waals surface area contributed by atoms with Crippen LogP contribution in [0.1, 0.15) is 33.6 Å². The van der Waals surface area contributed by atoms with E-state index in [1.54, 1.807) is 12.0 Å². The molecule has 0 saturated heterocycles. The van der Waals surface area contributed by atoms with Gasteiger partial charge < -0.3 is 20.7 Å². The van der Waals surface area contributed by atoms with Crippen molar-refractivity contribution in [3.63, 3.8) is 0 Å². The predicted octanol–water partition coefficient (Wildman–Crippen LogP) is 3.56. The highest BCUT2D eigenvalue weighted by molar-refractivity contribution is 6.34. The first-order valence-electron chi connectivity index (χ1n) is 10.5. The summed E-state index contributed by atoms with van der Waals surface area (Å²) >= 11 is 6.28. The summed E-state index contributed by atoms with van der Waals surface area (Å²) in [5.41, 5.74) is 9.77. The second-order valence-electron chi connectivity index (χ2n) is 7.73. The summed E-state index contributed by atoms with van der Waals surface area (Å²) < 4.78 is 5.46. The summed E-state index contributed by atoms with van der Waals surface area (Å²) in [6, 6.07) is 10.2. The van der Waals surface area contributed by atoms with Crippen LogP contribution in [0.15, 0.2) is 30.3 Å². The van der Waals surface area contributed by atoms with Crippen molar-refractivity contribution in [2.75, 3.05) is 37.8 Å². The molecule has 156 valence electrons. The first kappa shape index (κ1) is 21.5. The number of aromatic amines is 1. The number of nitrogen functional groups attached to an aromatic ring is 1. The van der Waals surface area contributed by atoms with Crippen LogP contribution in [0.2, 0.25) is 5.02 Å². The fourth-order valence-corrected chi connectivity index (χ4v) is 4.06. The standard InChI is InChI=1S/C23H31ClN4O/c1-5-28(6-2)11-7-8-15(3)26-23-17-12-16(29-4)9-10-21(17)27-22-14-19(24)20(25)13-18(22)23/h9-10,12-15H,5-8,11,25H2,1-4H3,(H,26,27)/p+2/t15-/m0/s1. The van der Waals surface area contributed by atoms with Gasteiger partial charge in [-0.3, -0.25) is 0 Å². The fraction of sp³-hybridized carbons (Fsp3) is 0.435. The highest BCUT2D eigenvalue weighted by Gasteiger charge is 2.18. The van der Waals surface area contributed by atoms with Gasteiger partial charge in [0.25, 0.3) is 0 Å². The number of pyridine rings is 1. The number of hydrogen-bond acceptors (Lipinski definition) is 3. The Kier molecular flexibility index (Phi) is 7.04. The lowest BCUT2D eigenvalue weighted by molar-refractivity contribution is -0.896. The zero-order valence-electron chi connectivity index (χ0n) is 17.9. The number of quaternary nitrogens is 1. The van der Waals surface area contributed by atoms with E-state index in [-0.39, 0.29) is 0 Å². The number of fused-ring (bicyclic) bond motifs is 2. The van der Waals surface area contributed by atoms with E-state index in [9.17, 15) is 0 Å². The SMILES string of the molecule is CC[NH+](CC)CCC[C@H](C)Nc1c2cc(OC)ccc2[nH+]c2cc(Cl)c(N)cc12. The molecule has 5 nitrogen and oxygen atoms in total. The molecule has 6 heteroatoms. The summed E-state index contributed by atoms with van der Waals surface area (Å²) in [5, 5.41) is 6.43. The van der Waals surface area contributed by atoms with Crippen molar-refractivity contribution < 1.29 is 14.6 Å². The molecule has 0 unspecified atom stereocenters. The molecule has 0 spiro atoms. The maximum atomic E-state index is 6.28. The Morgan fingerprint density at radius 2 is 1.86 bits per heavy atom. The molecule has 5 N–H and O–H groups in total. The predicted molar refractivity (Wildman–Crippen MR) is 123 cm³/mol. The van der Waals surface area contributed by atoms with Crippen LogP contribution in [0.4, 0.5) is 11.4 Å². The second kappa shape index (κ2) is 9.51. The van der Waals surface area contributed by atoms with E-state index in [1.807, 2.05) is 24.3 Å². The van der Waals surface area contributed by atoms with E-state index in [0.717, 1.165) is 39.7 Å².